The molecule has 5 rings (SSSR count). The van der Waals surface area contributed by atoms with E-state index in [4.69, 9.17) is 13.1 Å². The normalized spacial score (nSPS) is 12.7. The Hall–Kier alpha value is -6.88. The summed E-state index contributed by atoms with van der Waals surface area (Å²) in [6.07, 6.45) is -1.62. The molecule has 0 spiro atoms. The highest BCUT2D eigenvalue weighted by atomic mass is 19.2. The predicted octanol–water partition coefficient (Wildman–Crippen LogP) is 4.24. The van der Waals surface area contributed by atoms with Crippen LogP contribution in [0.15, 0.2) is 22.5 Å². The van der Waals surface area contributed by atoms with Crippen LogP contribution >= 0.6 is 0 Å². The van der Waals surface area contributed by atoms with Crippen molar-refractivity contribution in [3.05, 3.63) is 136 Å². The Morgan fingerprint density at radius 2 is 0.935 bits per heavy atom. The lowest BCUT2D eigenvalue weighted by Gasteiger charge is -2.11. The van der Waals surface area contributed by atoms with Gasteiger partial charge in [0.25, 0.3) is 23.8 Å². The maximum absolute atomic E-state index is 15.2. The quantitative estimate of drug-likeness (QED) is 0.181. The summed E-state index contributed by atoms with van der Waals surface area (Å²) >= 11 is 0. The molecule has 2 aliphatic carbocycles. The first-order valence-corrected chi connectivity index (χ1v) is 12.1. The van der Waals surface area contributed by atoms with Crippen molar-refractivity contribution < 1.29 is 35.1 Å². The summed E-state index contributed by atoms with van der Waals surface area (Å²) in [4.78, 5) is 10.9. The van der Waals surface area contributed by atoms with Crippen molar-refractivity contribution in [2.75, 3.05) is 0 Å². The Kier molecular flexibility index (Phi) is 7.31. The average Bonchev–Trinajstić information content (AvgIpc) is 3.59. The molecule has 0 bridgehead atoms. The van der Waals surface area contributed by atoms with Gasteiger partial charge in [-0.1, -0.05) is 0 Å². The molecule has 1 aromatic carbocycles. The lowest BCUT2D eigenvalue weighted by atomic mass is 9.92. The maximum Gasteiger partial charge on any atom is 0.523 e. The van der Waals surface area contributed by atoms with Crippen LogP contribution in [0.2, 0.25) is 0 Å². The summed E-state index contributed by atoms with van der Waals surface area (Å²) in [5.41, 5.74) is -9.23. The van der Waals surface area contributed by atoms with Crippen molar-refractivity contribution in [3.8, 4) is 24.3 Å². The molecule has 220 valence electrons. The Labute approximate surface area is 250 Å². The zero-order chi connectivity index (χ0) is 33.8. The van der Waals surface area contributed by atoms with E-state index in [1.807, 2.05) is 0 Å². The molecule has 0 fully saturated rings. The molecule has 2 heterocycles. The molecule has 46 heavy (non-hydrogen) atoms. The first-order valence-electron chi connectivity index (χ1n) is 12.1. The van der Waals surface area contributed by atoms with E-state index in [0.29, 0.717) is 0 Å². The fourth-order valence-electron chi connectivity index (χ4n) is 5.53. The van der Waals surface area contributed by atoms with Gasteiger partial charge in [-0.3, -0.25) is 0 Å². The van der Waals surface area contributed by atoms with E-state index in [1.165, 1.54) is 12.1 Å². The average molecular weight is 628 g/mol. The zero-order valence-electron chi connectivity index (χ0n) is 22.0. The van der Waals surface area contributed by atoms with E-state index >= 15 is 17.6 Å². The van der Waals surface area contributed by atoms with Crippen molar-refractivity contribution in [1.29, 1.82) is 21.0 Å². The molecule has 0 N–H and O–H groups in total. The Morgan fingerprint density at radius 3 is 1.26 bits per heavy atom. The van der Waals surface area contributed by atoms with Gasteiger partial charge in [0.15, 0.2) is 23.3 Å². The second-order valence-electron chi connectivity index (χ2n) is 9.28. The summed E-state index contributed by atoms with van der Waals surface area (Å²) in [5, 5.41) is 38.6. The number of halogens is 8. The molecule has 0 aliphatic heterocycles. The molecule has 0 saturated heterocycles. The first-order chi connectivity index (χ1) is 21.9. The van der Waals surface area contributed by atoms with Gasteiger partial charge in [0.1, 0.15) is 43.0 Å². The lowest BCUT2D eigenvalue weighted by Crippen LogP contribution is -2.27. The van der Waals surface area contributed by atoms with Gasteiger partial charge < -0.3 is 0 Å². The molecule has 0 amide bonds. The predicted molar refractivity (Wildman–Crippen MR) is 134 cm³/mol. The third-order valence-electron chi connectivity index (χ3n) is 7.24. The Balaban J connectivity index is 2.21. The van der Waals surface area contributed by atoms with Crippen molar-refractivity contribution in [1.82, 2.24) is 9.97 Å². The van der Waals surface area contributed by atoms with Crippen LogP contribution in [0.3, 0.4) is 0 Å². The van der Waals surface area contributed by atoms with E-state index in [2.05, 4.69) is 19.7 Å². The van der Waals surface area contributed by atoms with Crippen molar-refractivity contribution in [3.63, 3.8) is 0 Å². The van der Waals surface area contributed by atoms with Crippen LogP contribution in [0.25, 0.3) is 20.8 Å². The minimum absolute atomic E-state index is 0.450. The van der Waals surface area contributed by atoms with Gasteiger partial charge in [-0.15, -0.1) is 0 Å². The highest BCUT2D eigenvalue weighted by molar-refractivity contribution is 5.91. The fourth-order valence-corrected chi connectivity index (χ4v) is 5.53. The standard InChI is InChI=1S/C30H4F8N8/c1-43-30(44-2)13-4-12-15(8-42)16-11(14(7-41)17(12)19(13)21-24(33)28(37)46-29(38)25(21)34)3-10(9(5-39)6-40)18(16)20-22(31)26(35)45-27(36)23(20)32/h3-4H2. The van der Waals surface area contributed by atoms with Crippen LogP contribution in [0.4, 0.5) is 35.1 Å². The second kappa shape index (κ2) is 11.0. The molecule has 2 aromatic heterocycles. The highest BCUT2D eigenvalue weighted by Gasteiger charge is 2.40. The number of hydrogen-bond donors (Lipinski definition) is 0. The van der Waals surface area contributed by atoms with Crippen molar-refractivity contribution in [2.45, 2.75) is 12.8 Å². The monoisotopic (exact) mass is 628 g/mol. The van der Waals surface area contributed by atoms with Crippen LogP contribution in [-0.4, -0.2) is 9.97 Å². The first kappa shape index (κ1) is 30.6. The molecule has 0 atom stereocenters. The molecular weight excluding hydrogens is 624 g/mol. The lowest BCUT2D eigenvalue weighted by molar-refractivity contribution is 0.404. The fraction of sp³-hybridized carbons (Fsp3) is 0.0667. The smallest absolute Gasteiger partial charge is 0.201 e. The van der Waals surface area contributed by atoms with Crippen molar-refractivity contribution >= 4 is 11.1 Å². The SMILES string of the molecule is [C-]#[N+]C([N+]#[C-])=C1Cc2c(C#N)c3c(c(C#N)c2=C1c1c(F)c(F)nc(F)c1F)CC(=C(C#N)C#N)C=3c1c(F)c(F)nc(F)c1F. The molecule has 0 unspecified atom stereocenters. The largest absolute Gasteiger partial charge is 0.523 e. The third-order valence-corrected chi connectivity index (χ3v) is 7.24. The van der Waals surface area contributed by atoms with Gasteiger partial charge in [0.2, 0.25) is 0 Å². The zero-order valence-corrected chi connectivity index (χ0v) is 22.0. The van der Waals surface area contributed by atoms with E-state index in [9.17, 15) is 38.6 Å². The number of pyridine rings is 2. The van der Waals surface area contributed by atoms with Crippen LogP contribution < -0.4 is 10.4 Å². The van der Waals surface area contributed by atoms with Gasteiger partial charge in [-0.2, -0.15) is 58.3 Å². The van der Waals surface area contributed by atoms with Gasteiger partial charge in [-0.25, -0.2) is 17.6 Å². The molecule has 2 aliphatic rings. The maximum atomic E-state index is 15.2. The summed E-state index contributed by atoms with van der Waals surface area (Å²) in [5.74, 6) is -18.0. The number of hydrogen-bond acceptors (Lipinski definition) is 6. The number of aromatic nitrogens is 2. The number of allylic oxidation sites excluding steroid dienone is 3. The van der Waals surface area contributed by atoms with Crippen LogP contribution in [-0.2, 0) is 12.8 Å². The number of benzene rings is 1. The molecular formula is C30H4F8N8. The summed E-state index contributed by atoms with van der Waals surface area (Å²) < 4.78 is 118. The minimum Gasteiger partial charge on any atom is -0.201 e. The minimum atomic E-state index is -2.16. The van der Waals surface area contributed by atoms with Crippen molar-refractivity contribution in [2.24, 2.45) is 0 Å². The number of fused-ring (bicyclic) bond motifs is 2. The Morgan fingerprint density at radius 1 is 0.587 bits per heavy atom. The van der Waals surface area contributed by atoms with Gasteiger partial charge in [-0.05, 0) is 28.7 Å². The van der Waals surface area contributed by atoms with Crippen LogP contribution in [0.5, 0.6) is 0 Å². The Bertz CT molecular complexity index is 2220. The third kappa shape index (κ3) is 4.07. The van der Waals surface area contributed by atoms with Gasteiger partial charge >= 0.3 is 5.82 Å². The van der Waals surface area contributed by atoms with E-state index in [-0.39, 0.29) is 0 Å². The summed E-state index contributed by atoms with van der Waals surface area (Å²) in [7, 11) is 0. The van der Waals surface area contributed by atoms with E-state index in [1.54, 1.807) is 12.1 Å². The number of rotatable bonds is 2. The number of nitriles is 4. The van der Waals surface area contributed by atoms with Gasteiger partial charge in [0.05, 0.1) is 27.8 Å². The van der Waals surface area contributed by atoms with E-state index in [0.717, 1.165) is 0 Å². The van der Waals surface area contributed by atoms with Crippen LogP contribution in [0.1, 0.15) is 33.4 Å². The topological polar surface area (TPSA) is 130 Å². The van der Waals surface area contributed by atoms with E-state index < -0.39 is 137 Å². The number of nitrogens with zero attached hydrogens (tertiary/aromatic N) is 8. The summed E-state index contributed by atoms with van der Waals surface area (Å²) in [6, 6.07) is 6.20. The molecule has 8 nitrogen and oxygen atoms in total. The molecule has 0 radical (unpaired) electrons. The molecule has 0 saturated carbocycles. The van der Waals surface area contributed by atoms with Crippen LogP contribution in [0, 0.1) is 106 Å². The molecule has 3 aromatic rings. The highest BCUT2D eigenvalue weighted by Crippen LogP contribution is 2.40. The second-order valence-corrected chi connectivity index (χ2v) is 9.28. The molecule has 16 heteroatoms. The summed E-state index contributed by atoms with van der Waals surface area (Å²) in [6.45, 7) is 14.8. The van der Waals surface area contributed by atoms with Gasteiger partial charge in [0, 0.05) is 22.4 Å².